The Bertz CT molecular complexity index is 538. The highest BCUT2D eigenvalue weighted by molar-refractivity contribution is 9.10. The van der Waals surface area contributed by atoms with Crippen LogP contribution in [-0.2, 0) is 4.79 Å². The first-order valence-corrected chi connectivity index (χ1v) is 5.73. The van der Waals surface area contributed by atoms with Crippen molar-refractivity contribution in [3.63, 3.8) is 0 Å². The normalized spacial score (nSPS) is 11.2. The number of hydrogen-bond donors (Lipinski definition) is 1. The van der Waals surface area contributed by atoms with Crippen molar-refractivity contribution in [3.05, 3.63) is 26.9 Å². The molecule has 0 amide bonds. The zero-order valence-corrected chi connectivity index (χ0v) is 11.2. The van der Waals surface area contributed by atoms with Crippen LogP contribution in [0.15, 0.2) is 16.7 Å². The molecule has 0 radical (unpaired) electrons. The van der Waals surface area contributed by atoms with Crippen molar-refractivity contribution < 1.29 is 28.0 Å². The van der Waals surface area contributed by atoms with Crippen LogP contribution in [-0.4, -0.2) is 40.2 Å². The van der Waals surface area contributed by atoms with E-state index in [0.29, 0.717) is 0 Å². The number of aliphatic carboxylic acids is 1. The standard InChI is InChI=1S/C9H7BrF3N3O4/c10-5-1-6(16(19)20)8(14-2-5)15(3-7(17)18)4-9(11,12)13/h1-2H,3-4H2,(H,17,18). The first kappa shape index (κ1) is 16.1. The van der Waals surface area contributed by atoms with Gasteiger partial charge in [-0.3, -0.25) is 14.9 Å². The lowest BCUT2D eigenvalue weighted by Crippen LogP contribution is -2.38. The Balaban J connectivity index is 3.25. The van der Waals surface area contributed by atoms with E-state index in [0.717, 1.165) is 12.3 Å². The molecule has 0 spiro atoms. The fraction of sp³-hybridized carbons (Fsp3) is 0.333. The van der Waals surface area contributed by atoms with Gasteiger partial charge in [0, 0.05) is 16.7 Å². The van der Waals surface area contributed by atoms with Crippen molar-refractivity contribution in [3.8, 4) is 0 Å². The van der Waals surface area contributed by atoms with E-state index in [2.05, 4.69) is 20.9 Å². The molecule has 11 heteroatoms. The molecule has 0 unspecified atom stereocenters. The SMILES string of the molecule is O=C(O)CN(CC(F)(F)F)c1ncc(Br)cc1[N+](=O)[O-]. The second-order valence-corrected chi connectivity index (χ2v) is 4.53. The van der Waals surface area contributed by atoms with Gasteiger partial charge in [-0.2, -0.15) is 13.2 Å². The predicted molar refractivity (Wildman–Crippen MR) is 64.5 cm³/mol. The monoisotopic (exact) mass is 357 g/mol. The molecular formula is C9H7BrF3N3O4. The van der Waals surface area contributed by atoms with Gasteiger partial charge in [0.1, 0.15) is 13.1 Å². The molecule has 0 saturated heterocycles. The molecule has 110 valence electrons. The van der Waals surface area contributed by atoms with Gasteiger partial charge in [-0.1, -0.05) is 0 Å². The molecule has 0 saturated carbocycles. The van der Waals surface area contributed by atoms with Gasteiger partial charge >= 0.3 is 17.8 Å². The summed E-state index contributed by atoms with van der Waals surface area (Å²) in [6, 6.07) is 0.952. The molecule has 1 aromatic rings. The van der Waals surface area contributed by atoms with Crippen molar-refractivity contribution in [2.75, 3.05) is 18.0 Å². The molecular weight excluding hydrogens is 351 g/mol. The molecule has 0 aliphatic heterocycles. The van der Waals surface area contributed by atoms with E-state index in [4.69, 9.17) is 5.11 Å². The highest BCUT2D eigenvalue weighted by atomic mass is 79.9. The van der Waals surface area contributed by atoms with Crippen LogP contribution in [0.25, 0.3) is 0 Å². The van der Waals surface area contributed by atoms with Gasteiger partial charge in [-0.25, -0.2) is 4.98 Å². The van der Waals surface area contributed by atoms with Crippen LogP contribution in [0.5, 0.6) is 0 Å². The van der Waals surface area contributed by atoms with E-state index in [1.54, 1.807) is 0 Å². The molecule has 0 atom stereocenters. The second kappa shape index (κ2) is 6.03. The van der Waals surface area contributed by atoms with Gasteiger partial charge in [0.2, 0.25) is 5.82 Å². The quantitative estimate of drug-likeness (QED) is 0.640. The zero-order chi connectivity index (χ0) is 15.5. The first-order valence-electron chi connectivity index (χ1n) is 4.93. The van der Waals surface area contributed by atoms with Crippen molar-refractivity contribution in [1.82, 2.24) is 4.98 Å². The summed E-state index contributed by atoms with van der Waals surface area (Å²) in [6.45, 7) is -2.72. The lowest BCUT2D eigenvalue weighted by atomic mass is 10.3. The molecule has 1 N–H and O–H groups in total. The van der Waals surface area contributed by atoms with E-state index in [1.165, 1.54) is 0 Å². The Labute approximate surface area is 118 Å². The highest BCUT2D eigenvalue weighted by Gasteiger charge is 2.35. The van der Waals surface area contributed by atoms with E-state index in [9.17, 15) is 28.1 Å². The smallest absolute Gasteiger partial charge is 0.405 e. The number of carbonyl (C=O) groups is 1. The van der Waals surface area contributed by atoms with Crippen LogP contribution >= 0.6 is 15.9 Å². The van der Waals surface area contributed by atoms with E-state index in [1.807, 2.05) is 0 Å². The van der Waals surface area contributed by atoms with Gasteiger partial charge in [0.25, 0.3) is 0 Å². The maximum absolute atomic E-state index is 12.4. The molecule has 0 aromatic carbocycles. The van der Waals surface area contributed by atoms with Gasteiger partial charge < -0.3 is 10.0 Å². The average Bonchev–Trinajstić information content (AvgIpc) is 2.25. The summed E-state index contributed by atoms with van der Waals surface area (Å²) in [7, 11) is 0. The van der Waals surface area contributed by atoms with Crippen LogP contribution in [0.2, 0.25) is 0 Å². The molecule has 0 aliphatic carbocycles. The number of halogens is 4. The fourth-order valence-corrected chi connectivity index (χ4v) is 1.70. The molecule has 1 heterocycles. The van der Waals surface area contributed by atoms with Crippen LogP contribution in [0.3, 0.4) is 0 Å². The van der Waals surface area contributed by atoms with Crippen molar-refractivity contribution >= 4 is 33.4 Å². The van der Waals surface area contributed by atoms with Crippen LogP contribution in [0.1, 0.15) is 0 Å². The van der Waals surface area contributed by atoms with Gasteiger partial charge in [0.15, 0.2) is 0 Å². The third-order valence-electron chi connectivity index (χ3n) is 2.01. The minimum Gasteiger partial charge on any atom is -0.480 e. The number of pyridine rings is 1. The summed E-state index contributed by atoms with van der Waals surface area (Å²) in [6.07, 6.45) is -3.67. The number of anilines is 1. The summed E-state index contributed by atoms with van der Waals surface area (Å²) >= 11 is 2.90. The lowest BCUT2D eigenvalue weighted by molar-refractivity contribution is -0.384. The molecule has 7 nitrogen and oxygen atoms in total. The average molecular weight is 358 g/mol. The Morgan fingerprint density at radius 1 is 1.55 bits per heavy atom. The topological polar surface area (TPSA) is 96.6 Å². The Kier molecular flexibility index (Phi) is 4.87. The predicted octanol–water partition coefficient (Wildman–Crippen LogP) is 2.21. The molecule has 1 rings (SSSR count). The number of hydrogen-bond acceptors (Lipinski definition) is 5. The zero-order valence-electron chi connectivity index (χ0n) is 9.59. The Morgan fingerprint density at radius 2 is 2.15 bits per heavy atom. The number of nitrogens with zero attached hydrogens (tertiary/aromatic N) is 3. The van der Waals surface area contributed by atoms with E-state index < -0.39 is 41.7 Å². The van der Waals surface area contributed by atoms with Crippen molar-refractivity contribution in [2.24, 2.45) is 0 Å². The Morgan fingerprint density at radius 3 is 2.60 bits per heavy atom. The summed E-state index contributed by atoms with van der Waals surface area (Å²) in [4.78, 5) is 24.3. The number of carboxylic acids is 1. The van der Waals surface area contributed by atoms with Gasteiger partial charge in [-0.15, -0.1) is 0 Å². The minimum absolute atomic E-state index is 0.190. The maximum atomic E-state index is 12.4. The third-order valence-corrected chi connectivity index (χ3v) is 2.44. The lowest BCUT2D eigenvalue weighted by Gasteiger charge is -2.22. The van der Waals surface area contributed by atoms with E-state index >= 15 is 0 Å². The number of nitro groups is 1. The minimum atomic E-state index is -4.72. The summed E-state index contributed by atoms with van der Waals surface area (Å²) < 4.78 is 37.4. The van der Waals surface area contributed by atoms with Crippen LogP contribution in [0.4, 0.5) is 24.7 Å². The highest BCUT2D eigenvalue weighted by Crippen LogP contribution is 2.30. The van der Waals surface area contributed by atoms with Crippen molar-refractivity contribution in [1.29, 1.82) is 0 Å². The molecule has 0 fully saturated rings. The van der Waals surface area contributed by atoms with Crippen LogP contribution < -0.4 is 4.90 Å². The first-order chi connectivity index (χ1) is 9.10. The number of alkyl halides is 3. The van der Waals surface area contributed by atoms with Crippen LogP contribution in [0, 0.1) is 10.1 Å². The largest absolute Gasteiger partial charge is 0.480 e. The molecule has 0 aliphatic rings. The molecule has 20 heavy (non-hydrogen) atoms. The number of aromatic nitrogens is 1. The maximum Gasteiger partial charge on any atom is 0.405 e. The number of rotatable bonds is 5. The molecule has 1 aromatic heterocycles. The Hall–Kier alpha value is -1.91. The summed E-state index contributed by atoms with van der Waals surface area (Å²) in [5.74, 6) is -2.22. The molecule has 0 bridgehead atoms. The van der Waals surface area contributed by atoms with Crippen molar-refractivity contribution in [2.45, 2.75) is 6.18 Å². The second-order valence-electron chi connectivity index (χ2n) is 3.62. The van der Waals surface area contributed by atoms with E-state index in [-0.39, 0.29) is 9.37 Å². The summed E-state index contributed by atoms with van der Waals surface area (Å²) in [5.41, 5.74) is -0.718. The fourth-order valence-electron chi connectivity index (χ4n) is 1.38. The van der Waals surface area contributed by atoms with Gasteiger partial charge in [-0.05, 0) is 15.9 Å². The number of carboxylic acid groups (broad SMARTS) is 1. The summed E-state index contributed by atoms with van der Waals surface area (Å²) in [5, 5.41) is 19.4. The van der Waals surface area contributed by atoms with Gasteiger partial charge in [0.05, 0.1) is 4.92 Å². The third kappa shape index (κ3) is 4.64.